The maximum atomic E-state index is 12.0. The van der Waals surface area contributed by atoms with E-state index in [1.54, 1.807) is 6.07 Å². The Balaban J connectivity index is 2.11. The maximum absolute atomic E-state index is 12.0. The van der Waals surface area contributed by atoms with Crippen molar-refractivity contribution in [3.63, 3.8) is 0 Å². The van der Waals surface area contributed by atoms with Crippen LogP contribution in [0.2, 0.25) is 0 Å². The molecule has 3 heteroatoms. The van der Waals surface area contributed by atoms with Gasteiger partial charge in [-0.2, -0.15) is 5.10 Å². The van der Waals surface area contributed by atoms with Gasteiger partial charge < -0.3 is 0 Å². The first-order chi connectivity index (χ1) is 9.58. The van der Waals surface area contributed by atoms with Crippen molar-refractivity contribution >= 4 is 11.6 Å². The Morgan fingerprint density at radius 2 is 1.65 bits per heavy atom. The molecule has 102 valence electrons. The molecular weight excluding hydrogens is 248 g/mol. The Bertz CT molecular complexity index is 642. The molecule has 0 aliphatic rings. The van der Waals surface area contributed by atoms with E-state index >= 15 is 0 Å². The van der Waals surface area contributed by atoms with Crippen LogP contribution in [-0.2, 0) is 0 Å². The smallest absolute Gasteiger partial charge is 0.267 e. The fourth-order valence-electron chi connectivity index (χ4n) is 1.88. The molecule has 1 N–H and O–H groups in total. The molecule has 3 nitrogen and oxygen atoms in total. The second kappa shape index (κ2) is 6.15. The van der Waals surface area contributed by atoms with E-state index < -0.39 is 0 Å². The highest BCUT2D eigenvalue weighted by Gasteiger charge is 2.07. The number of nitrogens with zero attached hydrogens (tertiary/aromatic N) is 1. The monoisotopic (exact) mass is 266 g/mol. The standard InChI is InChI=1S/C17H18N2O/c1-12-8-10-15(11-9-12)14(3)18-19-17(20)16-7-5-4-6-13(16)2/h4-11H,1-3H3,(H,19,20)/b18-14+. The minimum absolute atomic E-state index is 0.186. The summed E-state index contributed by atoms with van der Waals surface area (Å²) in [5, 5.41) is 4.16. The lowest BCUT2D eigenvalue weighted by Crippen LogP contribution is -2.20. The molecule has 0 atom stereocenters. The van der Waals surface area contributed by atoms with Crippen LogP contribution >= 0.6 is 0 Å². The van der Waals surface area contributed by atoms with Crippen LogP contribution in [0, 0.1) is 13.8 Å². The Hall–Kier alpha value is -2.42. The average molecular weight is 266 g/mol. The molecule has 20 heavy (non-hydrogen) atoms. The highest BCUT2D eigenvalue weighted by Crippen LogP contribution is 2.07. The first-order valence-corrected chi connectivity index (χ1v) is 6.55. The van der Waals surface area contributed by atoms with Gasteiger partial charge in [-0.25, -0.2) is 5.43 Å². The summed E-state index contributed by atoms with van der Waals surface area (Å²) in [5.74, 6) is -0.186. The van der Waals surface area contributed by atoms with Crippen LogP contribution < -0.4 is 5.43 Å². The molecule has 1 amide bonds. The molecule has 0 aromatic heterocycles. The fraction of sp³-hybridized carbons (Fsp3) is 0.176. The van der Waals surface area contributed by atoms with Crippen molar-refractivity contribution in [1.82, 2.24) is 5.43 Å². The molecule has 0 aliphatic carbocycles. The van der Waals surface area contributed by atoms with E-state index in [0.717, 1.165) is 16.8 Å². The minimum atomic E-state index is -0.186. The van der Waals surface area contributed by atoms with Crippen LogP contribution in [0.5, 0.6) is 0 Å². The highest BCUT2D eigenvalue weighted by atomic mass is 16.2. The molecule has 0 spiro atoms. The predicted molar refractivity (Wildman–Crippen MR) is 82.0 cm³/mol. The van der Waals surface area contributed by atoms with Gasteiger partial charge in [0.1, 0.15) is 0 Å². The maximum Gasteiger partial charge on any atom is 0.271 e. The zero-order chi connectivity index (χ0) is 14.5. The molecule has 0 aliphatic heterocycles. The van der Waals surface area contributed by atoms with Gasteiger partial charge in [-0.1, -0.05) is 48.0 Å². The SMILES string of the molecule is C/C(=N\NC(=O)c1ccccc1C)c1ccc(C)cc1. The first kappa shape index (κ1) is 14.0. The van der Waals surface area contributed by atoms with Gasteiger partial charge in [0.05, 0.1) is 5.71 Å². The van der Waals surface area contributed by atoms with Crippen molar-refractivity contribution in [3.8, 4) is 0 Å². The first-order valence-electron chi connectivity index (χ1n) is 6.55. The quantitative estimate of drug-likeness (QED) is 0.671. The number of carbonyl (C=O) groups is 1. The largest absolute Gasteiger partial charge is 0.271 e. The number of hydrazone groups is 1. The van der Waals surface area contributed by atoms with Gasteiger partial charge in [0, 0.05) is 5.56 Å². The summed E-state index contributed by atoms with van der Waals surface area (Å²) in [6, 6.07) is 15.5. The predicted octanol–water partition coefficient (Wildman–Crippen LogP) is 3.46. The van der Waals surface area contributed by atoms with E-state index in [1.807, 2.05) is 63.2 Å². The third kappa shape index (κ3) is 3.32. The molecule has 0 bridgehead atoms. The number of benzene rings is 2. The molecule has 2 rings (SSSR count). The van der Waals surface area contributed by atoms with Crippen molar-refractivity contribution in [2.45, 2.75) is 20.8 Å². The molecule has 2 aromatic carbocycles. The summed E-state index contributed by atoms with van der Waals surface area (Å²) in [5.41, 5.74) is 7.17. The number of hydrogen-bond donors (Lipinski definition) is 1. The zero-order valence-corrected chi connectivity index (χ0v) is 12.0. The molecule has 0 heterocycles. The number of amides is 1. The molecule has 0 fully saturated rings. The van der Waals surface area contributed by atoms with Crippen molar-refractivity contribution in [2.75, 3.05) is 0 Å². The average Bonchev–Trinajstić information content (AvgIpc) is 2.45. The van der Waals surface area contributed by atoms with Gasteiger partial charge in [0.2, 0.25) is 0 Å². The third-order valence-electron chi connectivity index (χ3n) is 3.18. The van der Waals surface area contributed by atoms with Gasteiger partial charge in [-0.3, -0.25) is 4.79 Å². The van der Waals surface area contributed by atoms with Crippen LogP contribution in [0.25, 0.3) is 0 Å². The van der Waals surface area contributed by atoms with E-state index in [0.29, 0.717) is 5.56 Å². The summed E-state index contributed by atoms with van der Waals surface area (Å²) < 4.78 is 0. The van der Waals surface area contributed by atoms with E-state index in [2.05, 4.69) is 10.5 Å². The summed E-state index contributed by atoms with van der Waals surface area (Å²) >= 11 is 0. The number of carbonyl (C=O) groups excluding carboxylic acids is 1. The Labute approximate surface area is 119 Å². The lowest BCUT2D eigenvalue weighted by molar-refractivity contribution is 0.0954. The summed E-state index contributed by atoms with van der Waals surface area (Å²) in [7, 11) is 0. The summed E-state index contributed by atoms with van der Waals surface area (Å²) in [6.07, 6.45) is 0. The summed E-state index contributed by atoms with van der Waals surface area (Å²) in [4.78, 5) is 12.0. The molecule has 0 saturated heterocycles. The Kier molecular flexibility index (Phi) is 4.31. The number of nitrogens with one attached hydrogen (secondary N) is 1. The van der Waals surface area contributed by atoms with Gasteiger partial charge in [-0.15, -0.1) is 0 Å². The van der Waals surface area contributed by atoms with E-state index in [9.17, 15) is 4.79 Å². The fourth-order valence-corrected chi connectivity index (χ4v) is 1.88. The van der Waals surface area contributed by atoms with Crippen LogP contribution in [0.4, 0.5) is 0 Å². The Morgan fingerprint density at radius 1 is 1.00 bits per heavy atom. The van der Waals surface area contributed by atoms with Crippen LogP contribution in [-0.4, -0.2) is 11.6 Å². The van der Waals surface area contributed by atoms with Gasteiger partial charge in [0.25, 0.3) is 5.91 Å². The summed E-state index contributed by atoms with van der Waals surface area (Å²) in [6.45, 7) is 5.82. The molecule has 0 radical (unpaired) electrons. The van der Waals surface area contributed by atoms with Gasteiger partial charge in [0.15, 0.2) is 0 Å². The molecule has 0 unspecified atom stereocenters. The minimum Gasteiger partial charge on any atom is -0.267 e. The van der Waals surface area contributed by atoms with Crippen molar-refractivity contribution < 1.29 is 4.79 Å². The van der Waals surface area contributed by atoms with Gasteiger partial charge >= 0.3 is 0 Å². The lowest BCUT2D eigenvalue weighted by atomic mass is 10.1. The van der Waals surface area contributed by atoms with Crippen molar-refractivity contribution in [1.29, 1.82) is 0 Å². The van der Waals surface area contributed by atoms with Crippen LogP contribution in [0.15, 0.2) is 53.6 Å². The van der Waals surface area contributed by atoms with Gasteiger partial charge in [-0.05, 0) is 38.0 Å². The Morgan fingerprint density at radius 3 is 2.30 bits per heavy atom. The number of aryl methyl sites for hydroxylation is 2. The number of rotatable bonds is 3. The van der Waals surface area contributed by atoms with E-state index in [1.165, 1.54) is 5.56 Å². The normalized spacial score (nSPS) is 11.2. The lowest BCUT2D eigenvalue weighted by Gasteiger charge is -2.05. The molecule has 0 saturated carbocycles. The second-order valence-electron chi connectivity index (χ2n) is 4.82. The van der Waals surface area contributed by atoms with Crippen LogP contribution in [0.1, 0.15) is 34.0 Å². The van der Waals surface area contributed by atoms with Crippen molar-refractivity contribution in [2.24, 2.45) is 5.10 Å². The highest BCUT2D eigenvalue weighted by molar-refractivity contribution is 6.01. The topological polar surface area (TPSA) is 41.5 Å². The zero-order valence-electron chi connectivity index (χ0n) is 12.0. The number of hydrogen-bond acceptors (Lipinski definition) is 2. The molecular formula is C17H18N2O. The van der Waals surface area contributed by atoms with Crippen LogP contribution in [0.3, 0.4) is 0 Å². The second-order valence-corrected chi connectivity index (χ2v) is 4.82. The van der Waals surface area contributed by atoms with E-state index in [-0.39, 0.29) is 5.91 Å². The molecule has 2 aromatic rings. The van der Waals surface area contributed by atoms with Crippen molar-refractivity contribution in [3.05, 3.63) is 70.8 Å². The third-order valence-corrected chi connectivity index (χ3v) is 3.18. The van der Waals surface area contributed by atoms with E-state index in [4.69, 9.17) is 0 Å².